The van der Waals surface area contributed by atoms with Crippen LogP contribution in [0.5, 0.6) is 5.75 Å². The highest BCUT2D eigenvalue weighted by atomic mass is 35.5. The van der Waals surface area contributed by atoms with E-state index < -0.39 is 0 Å². The van der Waals surface area contributed by atoms with Crippen molar-refractivity contribution in [3.05, 3.63) is 52.6 Å². The number of rotatable bonds is 6. The second kappa shape index (κ2) is 10.1. The second-order valence-corrected chi connectivity index (χ2v) is 8.03. The lowest BCUT2D eigenvalue weighted by atomic mass is 9.86. The summed E-state index contributed by atoms with van der Waals surface area (Å²) in [4.78, 5) is 16.8. The van der Waals surface area contributed by atoms with Crippen molar-refractivity contribution in [1.29, 1.82) is 5.26 Å². The van der Waals surface area contributed by atoms with Crippen LogP contribution in [0, 0.1) is 18.3 Å². The van der Waals surface area contributed by atoms with Crippen LogP contribution in [-0.4, -0.2) is 35.1 Å². The number of Topliss-reactive ketones (excluding diaryl/α,β-unsaturated/α-hetero) is 1. The molecule has 3 aromatic rings. The molecule has 0 spiro atoms. The molecule has 1 atom stereocenters. The summed E-state index contributed by atoms with van der Waals surface area (Å²) in [6.45, 7) is 6.52. The highest BCUT2D eigenvalue weighted by Crippen LogP contribution is 2.33. The number of carbonyl (C=O) groups is 1. The third-order valence-electron chi connectivity index (χ3n) is 5.57. The summed E-state index contributed by atoms with van der Waals surface area (Å²) >= 11 is 0. The summed E-state index contributed by atoms with van der Waals surface area (Å²) in [5.74, 6) is 1.27. The molecule has 1 aliphatic rings. The quantitative estimate of drug-likeness (QED) is 0.563. The minimum Gasteiger partial charge on any atom is -0.490 e. The number of fused-ring (bicyclic) bond motifs is 1. The Balaban J connectivity index is 0.00000306. The topological polar surface area (TPSA) is 127 Å². The molecule has 0 radical (unpaired) electrons. The molecule has 0 saturated heterocycles. The monoisotopic (exact) mass is 467 g/mol. The van der Waals surface area contributed by atoms with Crippen molar-refractivity contribution in [2.75, 3.05) is 13.1 Å². The number of hydrogen-bond donors (Lipinski definition) is 2. The van der Waals surface area contributed by atoms with Gasteiger partial charge < -0.3 is 20.3 Å². The lowest BCUT2D eigenvalue weighted by Gasteiger charge is -2.27. The van der Waals surface area contributed by atoms with Crippen LogP contribution in [0.4, 0.5) is 0 Å². The van der Waals surface area contributed by atoms with E-state index in [0.717, 1.165) is 28.7 Å². The third kappa shape index (κ3) is 4.76. The zero-order chi connectivity index (χ0) is 22.8. The van der Waals surface area contributed by atoms with Gasteiger partial charge in [-0.15, -0.1) is 12.4 Å². The maximum atomic E-state index is 12.2. The molecule has 0 bridgehead atoms. The summed E-state index contributed by atoms with van der Waals surface area (Å²) in [6.07, 6.45) is 0.765. The summed E-state index contributed by atoms with van der Waals surface area (Å²) in [5, 5.41) is 16.9. The van der Waals surface area contributed by atoms with Crippen LogP contribution in [0.3, 0.4) is 0 Å². The van der Waals surface area contributed by atoms with Gasteiger partial charge in [0.25, 0.3) is 5.89 Å². The molecule has 3 N–H and O–H groups in total. The molecule has 2 aromatic carbocycles. The van der Waals surface area contributed by atoms with E-state index in [-0.39, 0.29) is 36.9 Å². The Morgan fingerprint density at radius 3 is 2.85 bits per heavy atom. The first kappa shape index (κ1) is 24.4. The van der Waals surface area contributed by atoms with Gasteiger partial charge >= 0.3 is 0 Å². The van der Waals surface area contributed by atoms with Crippen LogP contribution in [0.1, 0.15) is 42.1 Å². The van der Waals surface area contributed by atoms with E-state index in [4.69, 9.17) is 15.0 Å². The molecule has 0 saturated carbocycles. The first-order chi connectivity index (χ1) is 15.4. The average molecular weight is 468 g/mol. The first-order valence-electron chi connectivity index (χ1n) is 10.6. The second-order valence-electron chi connectivity index (χ2n) is 8.03. The molecule has 1 unspecified atom stereocenters. The minimum absolute atomic E-state index is 0. The van der Waals surface area contributed by atoms with Crippen LogP contribution in [-0.2, 0) is 11.2 Å². The fourth-order valence-corrected chi connectivity index (χ4v) is 4.04. The SMILES string of the molecule is Cc1c(-c2noc(-c3ccc(OC(C)C)c(C#N)c3)n2)ccc2c1CCNC2C(=O)CN.Cl. The van der Waals surface area contributed by atoms with Crippen molar-refractivity contribution < 1.29 is 14.1 Å². The Kier molecular flexibility index (Phi) is 7.49. The first-order valence-corrected chi connectivity index (χ1v) is 10.6. The molecule has 9 heteroatoms. The molecular weight excluding hydrogens is 442 g/mol. The van der Waals surface area contributed by atoms with Gasteiger partial charge in [-0.25, -0.2) is 0 Å². The van der Waals surface area contributed by atoms with E-state index in [9.17, 15) is 10.1 Å². The Labute approximate surface area is 198 Å². The summed E-state index contributed by atoms with van der Waals surface area (Å²) < 4.78 is 11.2. The molecule has 0 fully saturated rings. The summed E-state index contributed by atoms with van der Waals surface area (Å²) in [7, 11) is 0. The summed E-state index contributed by atoms with van der Waals surface area (Å²) in [6, 6.07) is 10.8. The fraction of sp³-hybridized carbons (Fsp3) is 0.333. The van der Waals surface area contributed by atoms with Gasteiger partial charge in [-0.2, -0.15) is 10.2 Å². The fourth-order valence-electron chi connectivity index (χ4n) is 4.04. The number of hydrogen-bond acceptors (Lipinski definition) is 8. The van der Waals surface area contributed by atoms with E-state index in [1.807, 2.05) is 32.9 Å². The molecule has 0 aliphatic carbocycles. The maximum absolute atomic E-state index is 12.2. The lowest BCUT2D eigenvalue weighted by molar-refractivity contribution is -0.120. The number of nitrogens with two attached hydrogens (primary N) is 1. The van der Waals surface area contributed by atoms with E-state index >= 15 is 0 Å². The van der Waals surface area contributed by atoms with Crippen molar-refractivity contribution in [2.24, 2.45) is 5.73 Å². The largest absolute Gasteiger partial charge is 0.490 e. The van der Waals surface area contributed by atoms with Crippen molar-refractivity contribution in [3.63, 3.8) is 0 Å². The number of benzene rings is 2. The molecule has 1 aliphatic heterocycles. The van der Waals surface area contributed by atoms with Gasteiger partial charge in [0.1, 0.15) is 11.8 Å². The number of halogens is 1. The molecule has 1 aromatic heterocycles. The minimum atomic E-state index is -0.381. The number of nitriles is 1. The van der Waals surface area contributed by atoms with Crippen molar-refractivity contribution >= 4 is 18.2 Å². The summed E-state index contributed by atoms with van der Waals surface area (Å²) in [5.41, 5.74) is 10.6. The van der Waals surface area contributed by atoms with Gasteiger partial charge in [0.15, 0.2) is 5.78 Å². The zero-order valence-electron chi connectivity index (χ0n) is 18.7. The van der Waals surface area contributed by atoms with Crippen LogP contribution in [0.2, 0.25) is 0 Å². The number of ketones is 1. The predicted molar refractivity (Wildman–Crippen MR) is 126 cm³/mol. The number of ether oxygens (including phenoxy) is 1. The van der Waals surface area contributed by atoms with Crippen LogP contribution in [0.25, 0.3) is 22.8 Å². The maximum Gasteiger partial charge on any atom is 0.258 e. The number of nitrogens with zero attached hydrogens (tertiary/aromatic N) is 3. The Morgan fingerprint density at radius 2 is 2.15 bits per heavy atom. The molecule has 33 heavy (non-hydrogen) atoms. The van der Waals surface area contributed by atoms with Crippen molar-refractivity contribution in [3.8, 4) is 34.7 Å². The molecule has 8 nitrogen and oxygen atoms in total. The van der Waals surface area contributed by atoms with Gasteiger partial charge in [-0.3, -0.25) is 4.79 Å². The van der Waals surface area contributed by atoms with E-state index in [2.05, 4.69) is 21.5 Å². The van der Waals surface area contributed by atoms with Crippen molar-refractivity contribution in [1.82, 2.24) is 15.5 Å². The number of nitrogens with one attached hydrogen (secondary N) is 1. The van der Waals surface area contributed by atoms with E-state index in [0.29, 0.717) is 35.1 Å². The van der Waals surface area contributed by atoms with Gasteiger partial charge in [-0.1, -0.05) is 17.3 Å². The predicted octanol–water partition coefficient (Wildman–Crippen LogP) is 3.51. The lowest BCUT2D eigenvalue weighted by Crippen LogP contribution is -2.38. The molecule has 172 valence electrons. The molecule has 4 rings (SSSR count). The number of carbonyl (C=O) groups excluding carboxylic acids is 1. The van der Waals surface area contributed by atoms with Gasteiger partial charge in [0, 0.05) is 17.7 Å². The number of aromatic nitrogens is 2. The van der Waals surface area contributed by atoms with Crippen LogP contribution >= 0.6 is 12.4 Å². The average Bonchev–Trinajstić information content (AvgIpc) is 3.28. The molecular formula is C24H26ClN5O3. The molecule has 2 heterocycles. The Bertz CT molecular complexity index is 1220. The smallest absolute Gasteiger partial charge is 0.258 e. The highest BCUT2D eigenvalue weighted by molar-refractivity contribution is 5.88. The van der Waals surface area contributed by atoms with Gasteiger partial charge in [0.2, 0.25) is 5.82 Å². The standard InChI is InChI=1S/C24H25N5O3.ClH/c1-13(2)31-21-7-4-15(10-16(21)11-25)24-28-23(29-32-24)18-5-6-19-17(14(18)3)8-9-27-22(19)20(30)12-26;/h4-7,10,13,22,27H,8-9,12,26H2,1-3H3;1H. The Morgan fingerprint density at radius 1 is 1.36 bits per heavy atom. The highest BCUT2D eigenvalue weighted by Gasteiger charge is 2.27. The normalized spacial score (nSPS) is 14.8. The van der Waals surface area contributed by atoms with Crippen LogP contribution in [0.15, 0.2) is 34.9 Å². The van der Waals surface area contributed by atoms with Gasteiger partial charge in [0.05, 0.1) is 24.3 Å². The van der Waals surface area contributed by atoms with E-state index in [1.165, 1.54) is 0 Å². The van der Waals surface area contributed by atoms with Crippen LogP contribution < -0.4 is 15.8 Å². The Hall–Kier alpha value is -3.25. The molecule has 0 amide bonds. The van der Waals surface area contributed by atoms with E-state index in [1.54, 1.807) is 18.2 Å². The van der Waals surface area contributed by atoms with Crippen molar-refractivity contribution in [2.45, 2.75) is 39.3 Å². The third-order valence-corrected chi connectivity index (χ3v) is 5.57. The van der Waals surface area contributed by atoms with Gasteiger partial charge in [-0.05, 0) is 62.1 Å². The zero-order valence-corrected chi connectivity index (χ0v) is 19.5.